The van der Waals surface area contributed by atoms with E-state index >= 15 is 0 Å². The molecular formula is C41H67NO5. The predicted molar refractivity (Wildman–Crippen MR) is 192 cm³/mol. The lowest BCUT2D eigenvalue weighted by Gasteiger charge is -2.59. The van der Waals surface area contributed by atoms with Crippen LogP contribution in [0.5, 0.6) is 0 Å². The summed E-state index contributed by atoms with van der Waals surface area (Å²) in [5, 5.41) is 10.6. The van der Waals surface area contributed by atoms with Gasteiger partial charge in [0.05, 0.1) is 25.4 Å². The Bertz CT molecular complexity index is 1060. The van der Waals surface area contributed by atoms with Gasteiger partial charge >= 0.3 is 0 Å². The van der Waals surface area contributed by atoms with Crippen LogP contribution in [0.3, 0.4) is 0 Å². The second kappa shape index (κ2) is 17.0. The van der Waals surface area contributed by atoms with Crippen LogP contribution >= 0.6 is 0 Å². The molecule has 1 heterocycles. The number of rotatable bonds is 6. The molecule has 1 saturated heterocycles. The van der Waals surface area contributed by atoms with E-state index in [0.717, 1.165) is 56.6 Å². The standard InChI is InChI=1S/C30H49NO4.C5H10O.C2H4.2C2H2/c1-18(2)26(33)31-13-14-34-25(17-31)35-24-9-10-30-19(3)29(30)12-11-28(6)16-20(32)15-22(28)21(29)7-8-23(30)27(24,4)5;1-2-3-4-5-6;3*1-2/h18-25,32H,7-17H2,1-6H3;5H,2-4H2,1H3;1-2H2;2*1-2H/t19-,20+,21-,22?,23?,24-,25?,28+,29-,30+;;;;/m0..../s1. The number of aliphatic hydroxyl groups is 1. The first kappa shape index (κ1) is 41.1. The molecule has 6 nitrogen and oxygen atoms in total. The highest BCUT2D eigenvalue weighted by Crippen LogP contribution is 2.89. The van der Waals surface area contributed by atoms with Crippen molar-refractivity contribution in [1.29, 1.82) is 0 Å². The topological polar surface area (TPSA) is 76.1 Å². The summed E-state index contributed by atoms with van der Waals surface area (Å²) in [5.41, 5.74) is 1.42. The highest BCUT2D eigenvalue weighted by atomic mass is 16.7. The van der Waals surface area contributed by atoms with Crippen molar-refractivity contribution < 1.29 is 24.2 Å². The number of aldehydes is 1. The number of fused-ring (bicyclic) bond motifs is 2. The molecule has 0 bridgehead atoms. The number of carbonyl (C=O) groups excluding carboxylic acids is 2. The number of terminal acetylenes is 2. The minimum absolute atomic E-state index is 0.0146. The van der Waals surface area contributed by atoms with Gasteiger partial charge in [0, 0.05) is 18.9 Å². The quantitative estimate of drug-likeness (QED) is 0.136. The molecule has 1 N–H and O–H groups in total. The largest absolute Gasteiger partial charge is 0.393 e. The molecule has 5 aliphatic carbocycles. The molecule has 266 valence electrons. The summed E-state index contributed by atoms with van der Waals surface area (Å²) < 4.78 is 12.8. The average Bonchev–Trinajstić information content (AvgIpc) is 3.44. The SMILES string of the molecule is C#C.C#C.C=C.CC(C)C(=O)N1CCOC(O[C@H]2CC[C@@]34C(CC[C@H]5C6C[C@@H](O)C[C@@]6(C)CC[C@]53[C@@H]4C)C2(C)C)C1.CCCCC=O. The Morgan fingerprint density at radius 1 is 1.04 bits per heavy atom. The van der Waals surface area contributed by atoms with E-state index in [2.05, 4.69) is 73.5 Å². The number of amides is 1. The first-order valence-corrected chi connectivity index (χ1v) is 18.2. The van der Waals surface area contributed by atoms with Crippen LogP contribution in [0, 0.1) is 76.9 Å². The van der Waals surface area contributed by atoms with Crippen molar-refractivity contribution in [3.05, 3.63) is 13.2 Å². The summed E-state index contributed by atoms with van der Waals surface area (Å²) in [7, 11) is 0. The predicted octanol–water partition coefficient (Wildman–Crippen LogP) is 7.93. The van der Waals surface area contributed by atoms with Gasteiger partial charge < -0.3 is 24.3 Å². The smallest absolute Gasteiger partial charge is 0.225 e. The maximum absolute atomic E-state index is 12.6. The Morgan fingerprint density at radius 3 is 2.28 bits per heavy atom. The normalized spacial score (nSPS) is 40.2. The van der Waals surface area contributed by atoms with Crippen molar-refractivity contribution in [3.8, 4) is 25.7 Å². The molecule has 6 aliphatic rings. The number of carbonyl (C=O) groups is 2. The Kier molecular flexibility index (Phi) is 14.9. The van der Waals surface area contributed by atoms with Crippen molar-refractivity contribution >= 4 is 12.2 Å². The van der Waals surface area contributed by atoms with Gasteiger partial charge in [-0.15, -0.1) is 38.9 Å². The monoisotopic (exact) mass is 654 g/mol. The van der Waals surface area contributed by atoms with Gasteiger partial charge in [0.15, 0.2) is 6.29 Å². The molecule has 2 spiro atoms. The van der Waals surface area contributed by atoms with E-state index in [-0.39, 0.29) is 35.7 Å². The molecule has 0 radical (unpaired) electrons. The number of morpholine rings is 1. The third kappa shape index (κ3) is 7.27. The maximum Gasteiger partial charge on any atom is 0.225 e. The molecule has 0 aromatic carbocycles. The zero-order valence-corrected chi connectivity index (χ0v) is 30.8. The van der Waals surface area contributed by atoms with Crippen LogP contribution in [0.4, 0.5) is 0 Å². The third-order valence-corrected chi connectivity index (χ3v) is 13.5. The number of aliphatic hydroxyl groups excluding tert-OH is 1. The summed E-state index contributed by atoms with van der Waals surface area (Å²) in [6.07, 6.45) is 29.4. The summed E-state index contributed by atoms with van der Waals surface area (Å²) in [6, 6.07) is 0. The molecule has 1 aliphatic heterocycles. The zero-order chi connectivity index (χ0) is 35.8. The van der Waals surface area contributed by atoms with E-state index < -0.39 is 0 Å². The van der Waals surface area contributed by atoms with Crippen molar-refractivity contribution in [3.63, 3.8) is 0 Å². The van der Waals surface area contributed by atoms with Crippen LogP contribution in [-0.4, -0.2) is 60.4 Å². The fourth-order valence-electron chi connectivity index (χ4n) is 11.6. The van der Waals surface area contributed by atoms with Crippen molar-refractivity contribution in [2.24, 2.45) is 51.2 Å². The van der Waals surface area contributed by atoms with Crippen molar-refractivity contribution in [2.45, 2.75) is 138 Å². The molecule has 0 aromatic rings. The number of hydrogen-bond donors (Lipinski definition) is 1. The first-order valence-electron chi connectivity index (χ1n) is 18.2. The van der Waals surface area contributed by atoms with Gasteiger partial charge in [-0.05, 0) is 103 Å². The van der Waals surface area contributed by atoms with E-state index in [1.807, 2.05) is 18.7 Å². The van der Waals surface area contributed by atoms with E-state index in [4.69, 9.17) is 9.47 Å². The highest BCUT2D eigenvalue weighted by Gasteiger charge is 2.84. The van der Waals surface area contributed by atoms with Gasteiger partial charge in [-0.3, -0.25) is 4.79 Å². The number of nitrogens with zero attached hydrogens (tertiary/aromatic N) is 1. The van der Waals surface area contributed by atoms with Gasteiger partial charge in [0.1, 0.15) is 6.29 Å². The highest BCUT2D eigenvalue weighted by molar-refractivity contribution is 5.78. The number of ether oxygens (including phenoxy) is 2. The Labute approximate surface area is 288 Å². The molecule has 3 unspecified atom stereocenters. The lowest BCUT2D eigenvalue weighted by atomic mass is 9.47. The lowest BCUT2D eigenvalue weighted by molar-refractivity contribution is -0.244. The van der Waals surface area contributed by atoms with Crippen LogP contribution in [0.2, 0.25) is 0 Å². The maximum atomic E-state index is 12.6. The molecule has 47 heavy (non-hydrogen) atoms. The summed E-state index contributed by atoms with van der Waals surface area (Å²) >= 11 is 0. The summed E-state index contributed by atoms with van der Waals surface area (Å²) in [5.74, 6) is 3.21. The van der Waals surface area contributed by atoms with Gasteiger partial charge in [0.2, 0.25) is 5.91 Å². The minimum atomic E-state index is -0.304. The van der Waals surface area contributed by atoms with Crippen LogP contribution in [0.15, 0.2) is 13.2 Å². The summed E-state index contributed by atoms with van der Waals surface area (Å²) in [4.78, 5) is 24.1. The molecule has 6 rings (SSSR count). The summed E-state index contributed by atoms with van der Waals surface area (Å²) in [6.45, 7) is 23.8. The van der Waals surface area contributed by atoms with E-state index in [0.29, 0.717) is 47.8 Å². The number of hydrogen-bond acceptors (Lipinski definition) is 5. The average molecular weight is 654 g/mol. The Balaban J connectivity index is 0.000000564. The molecule has 1 amide bonds. The van der Waals surface area contributed by atoms with Crippen molar-refractivity contribution in [1.82, 2.24) is 4.90 Å². The van der Waals surface area contributed by atoms with Gasteiger partial charge in [-0.2, -0.15) is 0 Å². The molecule has 0 aromatic heterocycles. The molecule has 10 atom stereocenters. The van der Waals surface area contributed by atoms with E-state index in [1.165, 1.54) is 32.1 Å². The second-order valence-corrected chi connectivity index (χ2v) is 15.9. The Morgan fingerprint density at radius 2 is 1.70 bits per heavy atom. The third-order valence-electron chi connectivity index (χ3n) is 13.5. The first-order chi connectivity index (χ1) is 22.4. The van der Waals surface area contributed by atoms with Crippen molar-refractivity contribution in [2.75, 3.05) is 19.7 Å². The van der Waals surface area contributed by atoms with Crippen LogP contribution in [0.1, 0.15) is 119 Å². The lowest BCUT2D eigenvalue weighted by Crippen LogP contribution is -2.56. The van der Waals surface area contributed by atoms with Crippen LogP contribution in [-0.2, 0) is 19.1 Å². The minimum Gasteiger partial charge on any atom is -0.393 e. The fourth-order valence-corrected chi connectivity index (χ4v) is 11.6. The van der Waals surface area contributed by atoms with Gasteiger partial charge in [-0.1, -0.05) is 54.9 Å². The van der Waals surface area contributed by atoms with Gasteiger partial charge in [-0.25, -0.2) is 0 Å². The van der Waals surface area contributed by atoms with E-state index in [1.54, 1.807) is 0 Å². The fraction of sp³-hybridized carbons (Fsp3) is 0.805. The molecule has 5 saturated carbocycles. The Hall–Kier alpha value is -2.12. The number of unbranched alkanes of at least 4 members (excludes halogenated alkanes) is 2. The van der Waals surface area contributed by atoms with Crippen LogP contribution in [0.25, 0.3) is 0 Å². The molecule has 6 heteroatoms. The second-order valence-electron chi connectivity index (χ2n) is 15.9. The van der Waals surface area contributed by atoms with Crippen LogP contribution < -0.4 is 0 Å². The van der Waals surface area contributed by atoms with E-state index in [9.17, 15) is 14.7 Å². The molecular weight excluding hydrogens is 586 g/mol. The zero-order valence-electron chi connectivity index (χ0n) is 30.8. The molecule has 6 fully saturated rings. The van der Waals surface area contributed by atoms with Gasteiger partial charge in [0.25, 0.3) is 0 Å².